The molecule has 1 aromatic carbocycles. The molecule has 0 fully saturated rings. The van der Waals surface area contributed by atoms with Gasteiger partial charge in [0.25, 0.3) is 0 Å². The summed E-state index contributed by atoms with van der Waals surface area (Å²) < 4.78 is 0. The van der Waals surface area contributed by atoms with E-state index in [0.29, 0.717) is 0 Å². The van der Waals surface area contributed by atoms with Crippen LogP contribution in [0.1, 0.15) is 44.7 Å². The van der Waals surface area contributed by atoms with E-state index in [0.717, 1.165) is 0 Å². The first-order valence-electron chi connectivity index (χ1n) is 5.73. The van der Waals surface area contributed by atoms with E-state index in [4.69, 9.17) is 5.73 Å². The summed E-state index contributed by atoms with van der Waals surface area (Å²) in [6.07, 6.45) is 3.91. The highest BCUT2D eigenvalue weighted by Crippen LogP contribution is 2.27. The van der Waals surface area contributed by atoms with Crippen molar-refractivity contribution in [3.63, 3.8) is 0 Å². The van der Waals surface area contributed by atoms with Gasteiger partial charge in [-0.3, -0.25) is 0 Å². The minimum Gasteiger partial charge on any atom is -0.324 e. The molecule has 2 N–H and O–H groups in total. The van der Waals surface area contributed by atoms with Crippen LogP contribution in [0.4, 0.5) is 0 Å². The lowest BCUT2D eigenvalue weighted by molar-refractivity contribution is 0.776. The molecule has 0 heterocycles. The van der Waals surface area contributed by atoms with Gasteiger partial charge in [0.05, 0.1) is 0 Å². The van der Waals surface area contributed by atoms with Crippen molar-refractivity contribution in [2.75, 3.05) is 5.75 Å². The number of hydrogen-bond acceptors (Lipinski definition) is 2. The Morgan fingerprint density at radius 1 is 1.27 bits per heavy atom. The van der Waals surface area contributed by atoms with Gasteiger partial charge in [-0.15, -0.1) is 11.8 Å². The van der Waals surface area contributed by atoms with Crippen LogP contribution in [0.25, 0.3) is 0 Å². The monoisotopic (exact) mass is 223 g/mol. The second-order valence-corrected chi connectivity index (χ2v) is 5.02. The highest BCUT2D eigenvalue weighted by Gasteiger charge is 2.05. The third-order valence-electron chi connectivity index (χ3n) is 2.42. The number of benzene rings is 1. The Bertz CT molecular complexity index is 284. The Hall–Kier alpha value is -0.470. The van der Waals surface area contributed by atoms with Crippen LogP contribution in [0, 0.1) is 0 Å². The zero-order chi connectivity index (χ0) is 11.1. The predicted octanol–water partition coefficient (Wildman–Crippen LogP) is 3.99. The van der Waals surface area contributed by atoms with Crippen molar-refractivity contribution < 1.29 is 0 Å². The molecule has 0 amide bonds. The highest BCUT2D eigenvalue weighted by molar-refractivity contribution is 7.99. The van der Waals surface area contributed by atoms with Gasteiger partial charge in [0, 0.05) is 10.9 Å². The lowest BCUT2D eigenvalue weighted by Crippen LogP contribution is -2.06. The van der Waals surface area contributed by atoms with Gasteiger partial charge in [-0.05, 0) is 30.7 Å². The van der Waals surface area contributed by atoms with Crippen LogP contribution >= 0.6 is 11.8 Å². The Kier molecular flexibility index (Phi) is 5.81. The summed E-state index contributed by atoms with van der Waals surface area (Å²) in [6.45, 7) is 4.28. The van der Waals surface area contributed by atoms with Crippen molar-refractivity contribution >= 4 is 11.8 Å². The average Bonchev–Trinajstić information content (AvgIpc) is 2.25. The molecule has 0 aliphatic rings. The molecule has 0 aliphatic heterocycles. The summed E-state index contributed by atoms with van der Waals surface area (Å²) in [6, 6.07) is 8.60. The Balaban J connectivity index is 2.52. The lowest BCUT2D eigenvalue weighted by atomic mass is 10.1. The minimum absolute atomic E-state index is 0.139. The molecule has 0 radical (unpaired) electrons. The predicted molar refractivity (Wildman–Crippen MR) is 69.3 cm³/mol. The first kappa shape index (κ1) is 12.6. The van der Waals surface area contributed by atoms with Gasteiger partial charge < -0.3 is 5.73 Å². The van der Waals surface area contributed by atoms with E-state index in [2.05, 4.69) is 31.2 Å². The summed E-state index contributed by atoms with van der Waals surface area (Å²) in [7, 11) is 0. The number of unbranched alkanes of at least 4 members (excludes halogenated alkanes) is 2. The van der Waals surface area contributed by atoms with E-state index in [9.17, 15) is 0 Å². The maximum Gasteiger partial charge on any atom is 0.0277 e. The first-order chi connectivity index (χ1) is 7.25. The second-order valence-electron chi connectivity index (χ2n) is 3.88. The fourth-order valence-corrected chi connectivity index (χ4v) is 2.69. The van der Waals surface area contributed by atoms with Crippen LogP contribution in [0.3, 0.4) is 0 Å². The average molecular weight is 223 g/mol. The van der Waals surface area contributed by atoms with Gasteiger partial charge >= 0.3 is 0 Å². The molecule has 0 aromatic heterocycles. The van der Waals surface area contributed by atoms with Crippen molar-refractivity contribution in [3.8, 4) is 0 Å². The molecule has 0 spiro atoms. The van der Waals surface area contributed by atoms with Crippen LogP contribution in [0.2, 0.25) is 0 Å². The Morgan fingerprint density at radius 3 is 2.67 bits per heavy atom. The second kappa shape index (κ2) is 6.91. The molecule has 84 valence electrons. The zero-order valence-corrected chi connectivity index (χ0v) is 10.5. The van der Waals surface area contributed by atoms with Gasteiger partial charge in [-0.2, -0.15) is 0 Å². The van der Waals surface area contributed by atoms with Crippen LogP contribution < -0.4 is 5.73 Å². The van der Waals surface area contributed by atoms with Crippen molar-refractivity contribution in [2.45, 2.75) is 44.0 Å². The summed E-state index contributed by atoms with van der Waals surface area (Å²) in [5, 5.41) is 0. The largest absolute Gasteiger partial charge is 0.324 e. The fraction of sp³-hybridized carbons (Fsp3) is 0.538. The fourth-order valence-electron chi connectivity index (χ4n) is 1.52. The smallest absolute Gasteiger partial charge is 0.0277 e. The number of nitrogens with two attached hydrogens (primary N) is 1. The SMILES string of the molecule is CCCCCSc1ccccc1[C@H](C)N. The van der Waals surface area contributed by atoms with Crippen LogP contribution in [0.5, 0.6) is 0 Å². The number of thioether (sulfide) groups is 1. The molecule has 0 saturated heterocycles. The summed E-state index contributed by atoms with van der Waals surface area (Å²) >= 11 is 1.94. The molecule has 0 unspecified atom stereocenters. The van der Waals surface area contributed by atoms with E-state index in [-0.39, 0.29) is 6.04 Å². The van der Waals surface area contributed by atoms with Crippen molar-refractivity contribution in [3.05, 3.63) is 29.8 Å². The summed E-state index contributed by atoms with van der Waals surface area (Å²) in [5.74, 6) is 1.21. The maximum absolute atomic E-state index is 5.93. The van der Waals surface area contributed by atoms with E-state index in [1.807, 2.05) is 18.7 Å². The normalized spacial score (nSPS) is 12.7. The molecule has 2 heteroatoms. The number of hydrogen-bond donors (Lipinski definition) is 1. The van der Waals surface area contributed by atoms with E-state index >= 15 is 0 Å². The third kappa shape index (κ3) is 4.27. The van der Waals surface area contributed by atoms with Gasteiger partial charge in [0.1, 0.15) is 0 Å². The molecule has 0 bridgehead atoms. The van der Waals surface area contributed by atoms with Crippen LogP contribution in [0.15, 0.2) is 29.2 Å². The molecule has 15 heavy (non-hydrogen) atoms. The van der Waals surface area contributed by atoms with Gasteiger partial charge in [-0.1, -0.05) is 38.0 Å². The van der Waals surface area contributed by atoms with Crippen LogP contribution in [-0.4, -0.2) is 5.75 Å². The van der Waals surface area contributed by atoms with Gasteiger partial charge in [0.2, 0.25) is 0 Å². The first-order valence-corrected chi connectivity index (χ1v) is 6.71. The molecule has 1 rings (SSSR count). The third-order valence-corrected chi connectivity index (χ3v) is 3.59. The standard InChI is InChI=1S/C13H21NS/c1-3-4-7-10-15-13-9-6-5-8-12(13)11(2)14/h5-6,8-9,11H,3-4,7,10,14H2,1-2H3/t11-/m0/s1. The zero-order valence-electron chi connectivity index (χ0n) is 9.70. The van der Waals surface area contributed by atoms with Gasteiger partial charge in [-0.25, -0.2) is 0 Å². The van der Waals surface area contributed by atoms with Crippen molar-refractivity contribution in [2.24, 2.45) is 5.73 Å². The topological polar surface area (TPSA) is 26.0 Å². The Labute approximate surface area is 97.4 Å². The molecular weight excluding hydrogens is 202 g/mol. The summed E-state index contributed by atoms with van der Waals surface area (Å²) in [5.41, 5.74) is 7.21. The van der Waals surface area contributed by atoms with E-state index < -0.39 is 0 Å². The summed E-state index contributed by atoms with van der Waals surface area (Å²) in [4.78, 5) is 1.35. The van der Waals surface area contributed by atoms with E-state index in [1.54, 1.807) is 0 Å². The molecular formula is C13H21NS. The van der Waals surface area contributed by atoms with Crippen molar-refractivity contribution in [1.82, 2.24) is 0 Å². The van der Waals surface area contributed by atoms with Crippen molar-refractivity contribution in [1.29, 1.82) is 0 Å². The quantitative estimate of drug-likeness (QED) is 0.583. The molecule has 1 nitrogen and oxygen atoms in total. The lowest BCUT2D eigenvalue weighted by Gasteiger charge is -2.11. The van der Waals surface area contributed by atoms with E-state index in [1.165, 1.54) is 35.5 Å². The molecule has 1 aromatic rings. The molecule has 1 atom stereocenters. The maximum atomic E-state index is 5.93. The number of rotatable bonds is 6. The highest BCUT2D eigenvalue weighted by atomic mass is 32.2. The van der Waals surface area contributed by atoms with Gasteiger partial charge in [0.15, 0.2) is 0 Å². The molecule has 0 saturated carbocycles. The van der Waals surface area contributed by atoms with Crippen LogP contribution in [-0.2, 0) is 0 Å². The Morgan fingerprint density at radius 2 is 2.00 bits per heavy atom. The minimum atomic E-state index is 0.139. The molecule has 0 aliphatic carbocycles.